The van der Waals surface area contributed by atoms with E-state index in [1.807, 2.05) is 6.92 Å². The number of hydrogen-bond acceptors (Lipinski definition) is 2. The monoisotopic (exact) mass is 224 g/mol. The van der Waals surface area contributed by atoms with E-state index < -0.39 is 11.9 Å². The van der Waals surface area contributed by atoms with Gasteiger partial charge in [-0.2, -0.15) is 0 Å². The number of likely N-dealkylation sites (N-methyl/N-ethyl adjacent to an activating group) is 1. The second-order valence-corrected chi connectivity index (χ2v) is 3.74. The Bertz CT molecular complexity index is 368. The van der Waals surface area contributed by atoms with E-state index >= 15 is 0 Å². The second kappa shape index (κ2) is 5.61. The minimum atomic E-state index is -0.561. The van der Waals surface area contributed by atoms with Crippen LogP contribution in [-0.4, -0.2) is 19.0 Å². The molecule has 0 spiro atoms. The minimum Gasteiger partial charge on any atom is -0.320 e. The highest BCUT2D eigenvalue weighted by molar-refractivity contribution is 5.96. The Morgan fingerprint density at radius 1 is 1.50 bits per heavy atom. The zero-order valence-electron chi connectivity index (χ0n) is 9.61. The topological polar surface area (TPSA) is 46.3 Å². The molecule has 0 unspecified atom stereocenters. The highest BCUT2D eigenvalue weighted by Crippen LogP contribution is 2.18. The third kappa shape index (κ3) is 2.79. The van der Waals surface area contributed by atoms with Crippen molar-refractivity contribution in [1.29, 1.82) is 0 Å². The quantitative estimate of drug-likeness (QED) is 0.849. The van der Waals surface area contributed by atoms with Crippen molar-refractivity contribution >= 4 is 11.6 Å². The minimum absolute atomic E-state index is 0.257. The maximum Gasteiger partial charge on any atom is 0.243 e. The molecule has 0 radical (unpaired) electrons. The number of benzene rings is 1. The van der Waals surface area contributed by atoms with Gasteiger partial charge in [0.25, 0.3) is 0 Å². The van der Waals surface area contributed by atoms with Gasteiger partial charge in [0.05, 0.1) is 11.7 Å². The molecule has 1 amide bonds. The van der Waals surface area contributed by atoms with Crippen molar-refractivity contribution in [3.63, 3.8) is 0 Å². The summed E-state index contributed by atoms with van der Waals surface area (Å²) in [4.78, 5) is 13.1. The van der Waals surface area contributed by atoms with E-state index in [2.05, 4.69) is 0 Å². The van der Waals surface area contributed by atoms with Crippen LogP contribution in [0.1, 0.15) is 19.8 Å². The number of halogens is 1. The lowest BCUT2D eigenvalue weighted by atomic mass is 10.1. The molecule has 0 saturated heterocycles. The predicted molar refractivity (Wildman–Crippen MR) is 62.7 cm³/mol. The third-order valence-electron chi connectivity index (χ3n) is 2.46. The molecule has 0 aliphatic carbocycles. The van der Waals surface area contributed by atoms with Gasteiger partial charge in [0.2, 0.25) is 5.91 Å². The van der Waals surface area contributed by atoms with Gasteiger partial charge >= 0.3 is 0 Å². The van der Waals surface area contributed by atoms with E-state index in [-0.39, 0.29) is 11.6 Å². The van der Waals surface area contributed by atoms with Gasteiger partial charge in [-0.3, -0.25) is 4.79 Å². The molecule has 1 aromatic carbocycles. The number of anilines is 1. The summed E-state index contributed by atoms with van der Waals surface area (Å²) >= 11 is 0. The first kappa shape index (κ1) is 12.6. The van der Waals surface area contributed by atoms with Gasteiger partial charge in [-0.15, -0.1) is 0 Å². The Balaban J connectivity index is 2.82. The molecule has 3 nitrogen and oxygen atoms in total. The molecule has 0 aromatic heterocycles. The number of hydrogen-bond donors (Lipinski definition) is 1. The van der Waals surface area contributed by atoms with Crippen molar-refractivity contribution in [3.05, 3.63) is 30.1 Å². The molecular weight excluding hydrogens is 207 g/mol. The summed E-state index contributed by atoms with van der Waals surface area (Å²) < 4.78 is 13.4. The summed E-state index contributed by atoms with van der Waals surface area (Å²) in [6.07, 6.45) is 1.44. The van der Waals surface area contributed by atoms with Gasteiger partial charge in [0, 0.05) is 7.05 Å². The molecule has 2 N–H and O–H groups in total. The zero-order valence-corrected chi connectivity index (χ0v) is 9.61. The van der Waals surface area contributed by atoms with Crippen molar-refractivity contribution in [2.75, 3.05) is 11.9 Å². The average Bonchev–Trinajstić information content (AvgIpc) is 2.28. The molecule has 4 heteroatoms. The molecular formula is C12H17FN2O. The molecule has 88 valence electrons. The maximum absolute atomic E-state index is 13.4. The molecule has 1 atom stereocenters. The van der Waals surface area contributed by atoms with E-state index in [0.29, 0.717) is 6.42 Å². The molecule has 0 aliphatic heterocycles. The van der Waals surface area contributed by atoms with Crippen LogP contribution in [0, 0.1) is 5.82 Å². The van der Waals surface area contributed by atoms with E-state index in [0.717, 1.165) is 6.42 Å². The third-order valence-corrected chi connectivity index (χ3v) is 2.46. The fraction of sp³-hybridized carbons (Fsp3) is 0.417. The molecule has 0 bridgehead atoms. The molecule has 1 rings (SSSR count). The van der Waals surface area contributed by atoms with Crippen LogP contribution in [0.4, 0.5) is 10.1 Å². The van der Waals surface area contributed by atoms with E-state index in [9.17, 15) is 9.18 Å². The number of para-hydroxylation sites is 1. The van der Waals surface area contributed by atoms with E-state index in [1.54, 1.807) is 18.2 Å². The fourth-order valence-electron chi connectivity index (χ4n) is 1.53. The SMILES string of the molecule is CCC[C@@H](N)C(=O)N(C)c1ccccc1F. The van der Waals surface area contributed by atoms with Crippen molar-refractivity contribution in [2.45, 2.75) is 25.8 Å². The van der Waals surface area contributed by atoms with Crippen molar-refractivity contribution in [3.8, 4) is 0 Å². The van der Waals surface area contributed by atoms with Gasteiger partial charge in [0.1, 0.15) is 5.82 Å². The normalized spacial score (nSPS) is 12.2. The summed E-state index contributed by atoms with van der Waals surface area (Å²) in [7, 11) is 1.54. The van der Waals surface area contributed by atoms with Crippen LogP contribution in [0.25, 0.3) is 0 Å². The van der Waals surface area contributed by atoms with Gasteiger partial charge in [-0.25, -0.2) is 4.39 Å². The summed E-state index contributed by atoms with van der Waals surface area (Å²) in [5.74, 6) is -0.672. The molecule has 0 aliphatic rings. The lowest BCUT2D eigenvalue weighted by molar-refractivity contribution is -0.119. The van der Waals surface area contributed by atoms with Gasteiger partial charge in [0.15, 0.2) is 0 Å². The number of amides is 1. The number of carbonyl (C=O) groups is 1. The van der Waals surface area contributed by atoms with Gasteiger partial charge in [-0.05, 0) is 18.6 Å². The smallest absolute Gasteiger partial charge is 0.243 e. The van der Waals surface area contributed by atoms with Crippen LogP contribution in [-0.2, 0) is 4.79 Å². The highest BCUT2D eigenvalue weighted by Gasteiger charge is 2.20. The Morgan fingerprint density at radius 3 is 2.69 bits per heavy atom. The summed E-state index contributed by atoms with van der Waals surface area (Å²) in [5.41, 5.74) is 5.97. The van der Waals surface area contributed by atoms with Crippen LogP contribution in [0.15, 0.2) is 24.3 Å². The molecule has 16 heavy (non-hydrogen) atoms. The fourth-order valence-corrected chi connectivity index (χ4v) is 1.53. The summed E-state index contributed by atoms with van der Waals surface area (Å²) in [6, 6.07) is 5.60. The summed E-state index contributed by atoms with van der Waals surface area (Å²) in [6.45, 7) is 1.95. The highest BCUT2D eigenvalue weighted by atomic mass is 19.1. The zero-order chi connectivity index (χ0) is 12.1. The second-order valence-electron chi connectivity index (χ2n) is 3.74. The van der Waals surface area contributed by atoms with Crippen LogP contribution in [0.5, 0.6) is 0 Å². The maximum atomic E-state index is 13.4. The van der Waals surface area contributed by atoms with Crippen LogP contribution >= 0.6 is 0 Å². The lowest BCUT2D eigenvalue weighted by Crippen LogP contribution is -2.42. The molecule has 0 fully saturated rings. The van der Waals surface area contributed by atoms with Crippen LogP contribution in [0.2, 0.25) is 0 Å². The molecule has 0 heterocycles. The molecule has 1 aromatic rings. The van der Waals surface area contributed by atoms with Crippen molar-refractivity contribution < 1.29 is 9.18 Å². The number of nitrogens with two attached hydrogens (primary N) is 1. The Kier molecular flexibility index (Phi) is 4.43. The average molecular weight is 224 g/mol. The Morgan fingerprint density at radius 2 is 2.12 bits per heavy atom. The first-order valence-electron chi connectivity index (χ1n) is 5.35. The summed E-state index contributed by atoms with van der Waals surface area (Å²) in [5, 5.41) is 0. The first-order valence-corrected chi connectivity index (χ1v) is 5.35. The molecule has 0 saturated carbocycles. The van der Waals surface area contributed by atoms with Crippen LogP contribution in [0.3, 0.4) is 0 Å². The van der Waals surface area contributed by atoms with E-state index in [1.165, 1.54) is 18.0 Å². The predicted octanol–water partition coefficient (Wildman–Crippen LogP) is 1.92. The van der Waals surface area contributed by atoms with E-state index in [4.69, 9.17) is 5.73 Å². The largest absolute Gasteiger partial charge is 0.320 e. The number of nitrogens with zero attached hydrogens (tertiary/aromatic N) is 1. The Hall–Kier alpha value is -1.42. The van der Waals surface area contributed by atoms with Crippen molar-refractivity contribution in [2.24, 2.45) is 5.73 Å². The standard InChI is InChI=1S/C12H17FN2O/c1-3-6-10(14)12(16)15(2)11-8-5-4-7-9(11)13/h4-5,7-8,10H,3,6,14H2,1-2H3/t10-/m1/s1. The Labute approximate surface area is 95.0 Å². The lowest BCUT2D eigenvalue weighted by Gasteiger charge is -2.21. The van der Waals surface area contributed by atoms with Gasteiger partial charge in [-0.1, -0.05) is 25.5 Å². The van der Waals surface area contributed by atoms with Gasteiger partial charge < -0.3 is 10.6 Å². The van der Waals surface area contributed by atoms with Crippen LogP contribution < -0.4 is 10.6 Å². The number of carbonyl (C=O) groups excluding carboxylic acids is 1. The van der Waals surface area contributed by atoms with Crippen molar-refractivity contribution in [1.82, 2.24) is 0 Å². The number of rotatable bonds is 4. The first-order chi connectivity index (χ1) is 7.57.